The first-order valence-corrected chi connectivity index (χ1v) is 7.98. The molecule has 0 bridgehead atoms. The van der Waals surface area contributed by atoms with E-state index in [1.807, 2.05) is 0 Å². The monoisotopic (exact) mass is 345 g/mol. The van der Waals surface area contributed by atoms with Crippen molar-refractivity contribution in [3.8, 4) is 11.5 Å². The molecule has 3 aromatic rings. The molecule has 8 nitrogen and oxygen atoms in total. The van der Waals surface area contributed by atoms with Crippen LogP contribution in [0, 0.1) is 0 Å². The molecule has 24 heavy (non-hydrogen) atoms. The minimum absolute atomic E-state index is 0.165. The molecule has 2 N–H and O–H groups in total. The summed E-state index contributed by atoms with van der Waals surface area (Å²) in [5.41, 5.74) is 1.90. The van der Waals surface area contributed by atoms with Gasteiger partial charge in [0.25, 0.3) is 0 Å². The van der Waals surface area contributed by atoms with Crippen LogP contribution in [-0.4, -0.2) is 45.8 Å². The van der Waals surface area contributed by atoms with Gasteiger partial charge < -0.3 is 19.8 Å². The van der Waals surface area contributed by atoms with Crippen LogP contribution in [0.5, 0.6) is 11.5 Å². The van der Waals surface area contributed by atoms with E-state index in [1.165, 1.54) is 18.1 Å². The Balaban J connectivity index is 1.67. The van der Waals surface area contributed by atoms with Crippen LogP contribution in [0.1, 0.15) is 0 Å². The number of fused-ring (bicyclic) bond motifs is 1. The largest absolute Gasteiger partial charge is 0.497 e. The summed E-state index contributed by atoms with van der Waals surface area (Å²) in [7, 11) is 3.11. The van der Waals surface area contributed by atoms with Gasteiger partial charge in [-0.05, 0) is 0 Å². The van der Waals surface area contributed by atoms with Crippen molar-refractivity contribution in [2.24, 2.45) is 0 Å². The lowest BCUT2D eigenvalue weighted by atomic mass is 10.2. The van der Waals surface area contributed by atoms with Crippen LogP contribution in [0.2, 0.25) is 0 Å². The van der Waals surface area contributed by atoms with Crippen molar-refractivity contribution in [1.82, 2.24) is 19.9 Å². The Labute approximate surface area is 142 Å². The SMILES string of the molecule is COc1cc(NC(=O)CSc2ncnc3nc[nH]c23)cc(OC)c1. The third-order valence-electron chi connectivity index (χ3n) is 3.16. The highest BCUT2D eigenvalue weighted by Crippen LogP contribution is 2.26. The number of nitrogens with one attached hydrogen (secondary N) is 2. The van der Waals surface area contributed by atoms with Gasteiger partial charge in [0.05, 0.1) is 26.3 Å². The van der Waals surface area contributed by atoms with Crippen molar-refractivity contribution < 1.29 is 14.3 Å². The summed E-state index contributed by atoms with van der Waals surface area (Å²) in [6.07, 6.45) is 2.97. The summed E-state index contributed by atoms with van der Waals surface area (Å²) in [4.78, 5) is 27.4. The predicted molar refractivity (Wildman–Crippen MR) is 90.6 cm³/mol. The number of methoxy groups -OCH3 is 2. The van der Waals surface area contributed by atoms with E-state index in [0.717, 1.165) is 5.52 Å². The van der Waals surface area contributed by atoms with Gasteiger partial charge in [-0.25, -0.2) is 15.0 Å². The van der Waals surface area contributed by atoms with Gasteiger partial charge in [0.15, 0.2) is 5.65 Å². The van der Waals surface area contributed by atoms with Crippen molar-refractivity contribution in [2.75, 3.05) is 25.3 Å². The number of amides is 1. The van der Waals surface area contributed by atoms with Crippen LogP contribution in [0.3, 0.4) is 0 Å². The first-order chi connectivity index (χ1) is 11.7. The number of nitrogens with zero attached hydrogens (tertiary/aromatic N) is 3. The van der Waals surface area contributed by atoms with Crippen LogP contribution in [0.25, 0.3) is 11.2 Å². The van der Waals surface area contributed by atoms with Crippen LogP contribution in [0.4, 0.5) is 5.69 Å². The molecule has 0 atom stereocenters. The van der Waals surface area contributed by atoms with Crippen LogP contribution in [0.15, 0.2) is 35.9 Å². The van der Waals surface area contributed by atoms with E-state index in [9.17, 15) is 4.79 Å². The highest BCUT2D eigenvalue weighted by Gasteiger charge is 2.10. The fourth-order valence-electron chi connectivity index (χ4n) is 2.06. The molecule has 0 spiro atoms. The van der Waals surface area contributed by atoms with Gasteiger partial charge in [0.2, 0.25) is 5.91 Å². The van der Waals surface area contributed by atoms with E-state index < -0.39 is 0 Å². The van der Waals surface area contributed by atoms with Gasteiger partial charge >= 0.3 is 0 Å². The van der Waals surface area contributed by atoms with E-state index in [1.54, 1.807) is 38.7 Å². The standard InChI is InChI=1S/C15H15N5O3S/c1-22-10-3-9(4-11(5-10)23-2)20-12(21)6-24-15-13-14(17-7-16-13)18-8-19-15/h3-5,7-8H,6H2,1-2H3,(H,20,21)(H,16,17,18,19). The number of carbonyl (C=O) groups excluding carboxylic acids is 1. The van der Waals surface area contributed by atoms with Gasteiger partial charge in [0.1, 0.15) is 28.4 Å². The summed E-state index contributed by atoms with van der Waals surface area (Å²) in [5.74, 6) is 1.24. The Hall–Kier alpha value is -2.81. The highest BCUT2D eigenvalue weighted by atomic mass is 32.2. The average molecular weight is 345 g/mol. The third kappa shape index (κ3) is 3.57. The van der Waals surface area contributed by atoms with E-state index in [-0.39, 0.29) is 11.7 Å². The molecule has 0 aliphatic rings. The number of aromatic amines is 1. The minimum Gasteiger partial charge on any atom is -0.497 e. The van der Waals surface area contributed by atoms with Crippen molar-refractivity contribution >= 4 is 34.5 Å². The maximum absolute atomic E-state index is 12.2. The normalized spacial score (nSPS) is 10.6. The molecule has 0 aliphatic carbocycles. The van der Waals surface area contributed by atoms with E-state index in [0.29, 0.717) is 27.9 Å². The van der Waals surface area contributed by atoms with Gasteiger partial charge in [-0.1, -0.05) is 11.8 Å². The quantitative estimate of drug-likeness (QED) is 0.521. The van der Waals surface area contributed by atoms with Crippen molar-refractivity contribution in [2.45, 2.75) is 5.03 Å². The zero-order valence-corrected chi connectivity index (χ0v) is 13.9. The Morgan fingerprint density at radius 1 is 1.17 bits per heavy atom. The fraction of sp³-hybridized carbons (Fsp3) is 0.200. The van der Waals surface area contributed by atoms with Gasteiger partial charge in [-0.2, -0.15) is 0 Å². The molecule has 0 saturated heterocycles. The third-order valence-corrected chi connectivity index (χ3v) is 4.15. The number of hydrogen-bond acceptors (Lipinski definition) is 7. The van der Waals surface area contributed by atoms with Crippen molar-refractivity contribution in [3.63, 3.8) is 0 Å². The first kappa shape index (κ1) is 16.1. The van der Waals surface area contributed by atoms with Crippen LogP contribution >= 0.6 is 11.8 Å². The van der Waals surface area contributed by atoms with Crippen LogP contribution in [-0.2, 0) is 4.79 Å². The molecule has 0 unspecified atom stereocenters. The molecule has 0 radical (unpaired) electrons. The number of aromatic nitrogens is 4. The maximum Gasteiger partial charge on any atom is 0.234 e. The first-order valence-electron chi connectivity index (χ1n) is 6.99. The molecule has 0 fully saturated rings. The van der Waals surface area contributed by atoms with E-state index in [2.05, 4.69) is 25.3 Å². The molecule has 124 valence electrons. The molecule has 1 amide bonds. The second kappa shape index (κ2) is 7.18. The molecule has 9 heteroatoms. The average Bonchev–Trinajstić information content (AvgIpc) is 3.08. The lowest BCUT2D eigenvalue weighted by Gasteiger charge is -2.09. The van der Waals surface area contributed by atoms with Gasteiger partial charge in [-0.15, -0.1) is 0 Å². The molecule has 3 rings (SSSR count). The fourth-order valence-corrected chi connectivity index (χ4v) is 2.82. The Kier molecular flexibility index (Phi) is 4.80. The topological polar surface area (TPSA) is 102 Å². The Morgan fingerprint density at radius 2 is 1.92 bits per heavy atom. The number of hydrogen-bond donors (Lipinski definition) is 2. The van der Waals surface area contributed by atoms with Crippen LogP contribution < -0.4 is 14.8 Å². The number of rotatable bonds is 6. The molecular formula is C15H15N5O3S. The number of benzene rings is 1. The summed E-state index contributed by atoms with van der Waals surface area (Å²) in [5, 5.41) is 3.49. The molecule has 0 saturated carbocycles. The molecular weight excluding hydrogens is 330 g/mol. The molecule has 2 heterocycles. The minimum atomic E-state index is -0.165. The van der Waals surface area contributed by atoms with Crippen molar-refractivity contribution in [1.29, 1.82) is 0 Å². The maximum atomic E-state index is 12.2. The second-order valence-corrected chi connectivity index (χ2v) is 5.68. The number of H-pyrrole nitrogens is 1. The number of ether oxygens (including phenoxy) is 2. The summed E-state index contributed by atoms with van der Waals surface area (Å²) < 4.78 is 10.4. The lowest BCUT2D eigenvalue weighted by molar-refractivity contribution is -0.113. The van der Waals surface area contributed by atoms with E-state index in [4.69, 9.17) is 9.47 Å². The van der Waals surface area contributed by atoms with Crippen molar-refractivity contribution in [3.05, 3.63) is 30.9 Å². The van der Waals surface area contributed by atoms with Gasteiger partial charge in [0, 0.05) is 23.9 Å². The second-order valence-electron chi connectivity index (χ2n) is 4.72. The lowest BCUT2D eigenvalue weighted by Crippen LogP contribution is -2.14. The number of anilines is 1. The summed E-state index contributed by atoms with van der Waals surface area (Å²) in [6.45, 7) is 0. The molecule has 2 aromatic heterocycles. The zero-order chi connectivity index (χ0) is 16.9. The smallest absolute Gasteiger partial charge is 0.234 e. The summed E-state index contributed by atoms with van der Waals surface area (Å²) in [6, 6.07) is 5.19. The molecule has 1 aromatic carbocycles. The number of carbonyl (C=O) groups is 1. The number of thioether (sulfide) groups is 1. The predicted octanol–water partition coefficient (Wildman–Crippen LogP) is 2.10. The van der Waals surface area contributed by atoms with Gasteiger partial charge in [-0.3, -0.25) is 4.79 Å². The number of imidazole rings is 1. The summed E-state index contributed by atoms with van der Waals surface area (Å²) >= 11 is 1.30. The van der Waals surface area contributed by atoms with E-state index >= 15 is 0 Å². The Morgan fingerprint density at radius 3 is 2.62 bits per heavy atom. The zero-order valence-electron chi connectivity index (χ0n) is 13.1. The Bertz CT molecular complexity index is 845. The highest BCUT2D eigenvalue weighted by molar-refractivity contribution is 8.00. The molecule has 0 aliphatic heterocycles.